The second-order valence-corrected chi connectivity index (χ2v) is 15.1. The Morgan fingerprint density at radius 1 is 0.571 bits per heavy atom. The molecule has 0 saturated carbocycles. The summed E-state index contributed by atoms with van der Waals surface area (Å²) in [5, 5.41) is 8.86. The molecule has 2 aliphatic heterocycles. The number of nitrogens with one attached hydrogen (secondary N) is 6. The third kappa shape index (κ3) is 6.58. The third-order valence-electron chi connectivity index (χ3n) is 10.7. The van der Waals surface area contributed by atoms with E-state index in [2.05, 4.69) is 64.6 Å². The average molecular weight is 788 g/mol. The van der Waals surface area contributed by atoms with Gasteiger partial charge < -0.3 is 40.4 Å². The Kier molecular flexibility index (Phi) is 9.50. The number of hydrogen-bond acceptors (Lipinski definition) is 8. The molecular weight excluding hydrogens is 747 g/mol. The highest BCUT2D eigenvalue weighted by Gasteiger charge is 2.21. The molecule has 0 radical (unpaired) electrons. The van der Waals surface area contributed by atoms with Crippen LogP contribution in [0.4, 0.5) is 11.4 Å². The van der Waals surface area contributed by atoms with Gasteiger partial charge in [-0.2, -0.15) is 0 Å². The summed E-state index contributed by atoms with van der Waals surface area (Å²) in [4.78, 5) is 52.6. The molecule has 0 aliphatic carbocycles. The number of pyridine rings is 2. The van der Waals surface area contributed by atoms with Gasteiger partial charge >= 0.3 is 0 Å². The van der Waals surface area contributed by atoms with Crippen molar-refractivity contribution in [3.05, 3.63) is 115 Å². The van der Waals surface area contributed by atoms with E-state index < -0.39 is 0 Å². The summed E-state index contributed by atoms with van der Waals surface area (Å²) in [6, 6.07) is 23.4. The number of halogens is 2. The van der Waals surface area contributed by atoms with Crippen LogP contribution in [0.15, 0.2) is 82.4 Å². The predicted molar refractivity (Wildman–Crippen MR) is 229 cm³/mol. The molecule has 0 bridgehead atoms. The van der Waals surface area contributed by atoms with Crippen LogP contribution in [0, 0.1) is 13.8 Å². The standard InChI is InChI=1S/2C21H20ClN5O/c1-12-10-13(27-8-6-23-7-9-27)11-16-19(12)26-20(24-16)17-18(22)14-4-2-3-5-15(14)25-21(17)28;1-12-10-13(27-8-6-23-7-9-27)11-16-18(12)26-21(25-16)17-19(28)14-4-2-3-5-15(14)24-20(17)22/h2-5,10-11,23H,6-9H2,1H3,(H,24,26)(H,25,28);2-5,10-11,23H,6-9H2,1H3,(H,24,28)(H,25,26). The summed E-state index contributed by atoms with van der Waals surface area (Å²) < 4.78 is 0. The molecule has 12 nitrogen and oxygen atoms in total. The van der Waals surface area contributed by atoms with E-state index in [1.807, 2.05) is 56.3 Å². The minimum Gasteiger partial charge on any atom is -0.369 e. The molecule has 284 valence electrons. The number of fused-ring (bicyclic) bond motifs is 4. The predicted octanol–water partition coefficient (Wildman–Crippen LogP) is 6.89. The number of rotatable bonds is 4. The van der Waals surface area contributed by atoms with Gasteiger partial charge in [-0.3, -0.25) is 9.59 Å². The minimum absolute atomic E-state index is 0.126. The first-order chi connectivity index (χ1) is 27.2. The summed E-state index contributed by atoms with van der Waals surface area (Å²) in [6.45, 7) is 11.9. The summed E-state index contributed by atoms with van der Waals surface area (Å²) in [5.41, 5.74) is 9.82. The zero-order valence-corrected chi connectivity index (χ0v) is 32.5. The fourth-order valence-corrected chi connectivity index (χ4v) is 8.44. The molecular formula is C42H40Cl2N10O2. The average Bonchev–Trinajstić information content (AvgIpc) is 3.84. The molecule has 8 aromatic rings. The Morgan fingerprint density at radius 2 is 1.05 bits per heavy atom. The lowest BCUT2D eigenvalue weighted by Crippen LogP contribution is -2.43. The number of benzene rings is 4. The van der Waals surface area contributed by atoms with Gasteiger partial charge in [0.1, 0.15) is 27.9 Å². The molecule has 0 atom stereocenters. The Bertz CT molecular complexity index is 2790. The Balaban J connectivity index is 0.000000146. The van der Waals surface area contributed by atoms with Gasteiger partial charge in [0.25, 0.3) is 5.56 Å². The number of anilines is 2. The lowest BCUT2D eigenvalue weighted by Gasteiger charge is -2.29. The second kappa shape index (κ2) is 14.8. The monoisotopic (exact) mass is 786 g/mol. The van der Waals surface area contributed by atoms with Crippen LogP contribution in [0.2, 0.25) is 10.2 Å². The van der Waals surface area contributed by atoms with Crippen molar-refractivity contribution >= 4 is 78.4 Å². The zero-order valence-electron chi connectivity index (χ0n) is 30.9. The van der Waals surface area contributed by atoms with Crippen molar-refractivity contribution in [3.8, 4) is 22.8 Å². The molecule has 0 spiro atoms. The van der Waals surface area contributed by atoms with Crippen molar-refractivity contribution in [1.29, 1.82) is 0 Å². The summed E-state index contributed by atoms with van der Waals surface area (Å²) in [5.74, 6) is 0.986. The van der Waals surface area contributed by atoms with Crippen LogP contribution >= 0.6 is 23.2 Å². The van der Waals surface area contributed by atoms with E-state index in [1.165, 1.54) is 11.4 Å². The van der Waals surface area contributed by atoms with Gasteiger partial charge in [-0.15, -0.1) is 0 Å². The lowest BCUT2D eigenvalue weighted by molar-refractivity contribution is 0.589. The lowest BCUT2D eigenvalue weighted by atomic mass is 10.1. The maximum absolute atomic E-state index is 13.0. The molecule has 4 aromatic heterocycles. The molecule has 2 aliphatic rings. The van der Waals surface area contributed by atoms with Gasteiger partial charge in [-0.1, -0.05) is 53.5 Å². The molecule has 4 aromatic carbocycles. The van der Waals surface area contributed by atoms with Gasteiger partial charge in [-0.25, -0.2) is 9.97 Å². The first-order valence-corrected chi connectivity index (χ1v) is 19.5. The summed E-state index contributed by atoms with van der Waals surface area (Å²) in [6.07, 6.45) is 0. The molecule has 14 heteroatoms. The van der Waals surface area contributed by atoms with Gasteiger partial charge in [0.15, 0.2) is 0 Å². The summed E-state index contributed by atoms with van der Waals surface area (Å²) >= 11 is 13.0. The minimum atomic E-state index is -0.247. The molecule has 2 saturated heterocycles. The number of aromatic nitrogens is 6. The van der Waals surface area contributed by atoms with E-state index in [0.717, 1.165) is 102 Å². The Labute approximate surface area is 331 Å². The van der Waals surface area contributed by atoms with Crippen LogP contribution in [-0.2, 0) is 0 Å². The maximum atomic E-state index is 13.0. The largest absolute Gasteiger partial charge is 0.369 e. The van der Waals surface area contributed by atoms with Crippen LogP contribution in [0.25, 0.3) is 66.6 Å². The van der Waals surface area contributed by atoms with Crippen molar-refractivity contribution in [3.63, 3.8) is 0 Å². The molecule has 6 heterocycles. The van der Waals surface area contributed by atoms with E-state index in [-0.39, 0.29) is 11.0 Å². The van der Waals surface area contributed by atoms with E-state index in [1.54, 1.807) is 6.07 Å². The fraction of sp³-hybridized carbons (Fsp3) is 0.238. The Hall–Kier alpha value is -5.66. The van der Waals surface area contributed by atoms with Crippen LogP contribution in [-0.4, -0.2) is 82.3 Å². The number of nitrogens with zero attached hydrogens (tertiary/aromatic N) is 4. The summed E-state index contributed by atoms with van der Waals surface area (Å²) in [7, 11) is 0. The number of aromatic amines is 4. The first-order valence-electron chi connectivity index (χ1n) is 18.8. The third-order valence-corrected chi connectivity index (χ3v) is 11.4. The van der Waals surface area contributed by atoms with Gasteiger partial charge in [-0.05, 0) is 67.4 Å². The zero-order chi connectivity index (χ0) is 38.5. The number of hydrogen-bond donors (Lipinski definition) is 6. The van der Waals surface area contributed by atoms with Gasteiger partial charge in [0.05, 0.1) is 32.6 Å². The second-order valence-electron chi connectivity index (χ2n) is 14.3. The number of imidazole rings is 2. The molecule has 10 rings (SSSR count). The van der Waals surface area contributed by atoms with E-state index >= 15 is 0 Å². The molecule has 56 heavy (non-hydrogen) atoms. The van der Waals surface area contributed by atoms with Crippen LogP contribution in [0.1, 0.15) is 11.1 Å². The molecule has 2 fully saturated rings. The van der Waals surface area contributed by atoms with E-state index in [0.29, 0.717) is 38.3 Å². The Morgan fingerprint density at radius 3 is 1.61 bits per heavy atom. The number of H-pyrrole nitrogens is 4. The van der Waals surface area contributed by atoms with Crippen molar-refractivity contribution in [2.75, 3.05) is 62.2 Å². The van der Waals surface area contributed by atoms with Gasteiger partial charge in [0.2, 0.25) is 5.43 Å². The topological polar surface area (TPSA) is 154 Å². The number of para-hydroxylation sites is 2. The molecule has 0 amide bonds. The van der Waals surface area contributed by atoms with Crippen molar-refractivity contribution < 1.29 is 0 Å². The molecule has 0 unspecified atom stereocenters. The van der Waals surface area contributed by atoms with E-state index in [9.17, 15) is 9.59 Å². The highest BCUT2D eigenvalue weighted by molar-refractivity contribution is 6.38. The first kappa shape index (κ1) is 36.0. The van der Waals surface area contributed by atoms with Crippen molar-refractivity contribution in [1.82, 2.24) is 40.5 Å². The van der Waals surface area contributed by atoms with Gasteiger partial charge in [0, 0.05) is 80.0 Å². The number of aryl methyl sites for hydroxylation is 2. The van der Waals surface area contributed by atoms with Crippen LogP contribution < -0.4 is 31.4 Å². The van der Waals surface area contributed by atoms with Crippen LogP contribution in [0.3, 0.4) is 0 Å². The fourth-order valence-electron chi connectivity index (χ4n) is 7.82. The van der Waals surface area contributed by atoms with Crippen LogP contribution in [0.5, 0.6) is 0 Å². The normalized spacial score (nSPS) is 14.9. The van der Waals surface area contributed by atoms with E-state index in [4.69, 9.17) is 33.2 Å². The SMILES string of the molecule is Cc1cc(N2CCNCC2)cc2[nH]c(-c3c(Cl)[nH]c4ccccc4c3=O)nc12.Cc1cc(N2CCNCC2)cc2[nH]c(-c3c(Cl)c4ccccc4[nH]c3=O)nc12. The highest BCUT2D eigenvalue weighted by Crippen LogP contribution is 2.33. The van der Waals surface area contributed by atoms with Crippen molar-refractivity contribution in [2.24, 2.45) is 0 Å². The quantitative estimate of drug-likeness (QED) is 0.106. The smallest absolute Gasteiger partial charge is 0.260 e. The number of piperazine rings is 2. The highest BCUT2D eigenvalue weighted by atomic mass is 35.5. The van der Waals surface area contributed by atoms with Crippen molar-refractivity contribution in [2.45, 2.75) is 13.8 Å². The molecule has 6 N–H and O–H groups in total. The maximum Gasteiger partial charge on any atom is 0.260 e.